The van der Waals surface area contributed by atoms with Crippen molar-refractivity contribution in [2.24, 2.45) is 35.5 Å². The standard InChI is InChI=1S/C69H135N3O3/c1-7-13-19-25-31-34-40-46-52-61(49-43-37-28-22-16-10-4)58-70-67(73)64-55-65(68(74)71-59-62(50-44-38-29-23-17-11-5)53-47-41-35-32-26-20-14-8-2)57-66(56-64)69(75)72-60-63(51-45-39-30-24-18-12-6)54-48-42-36-33-27-21-15-9-3/h61-66H,7-60H2,1-6H3,(H,70,73)(H,71,74)(H,72,75). The van der Waals surface area contributed by atoms with Gasteiger partial charge in [0.05, 0.1) is 0 Å². The third-order valence-electron chi connectivity index (χ3n) is 17.8. The Kier molecular flexibility index (Phi) is 51.8. The van der Waals surface area contributed by atoms with Crippen LogP contribution < -0.4 is 16.0 Å². The molecule has 3 unspecified atom stereocenters. The lowest BCUT2D eigenvalue weighted by molar-refractivity contribution is -0.135. The number of rotatable bonds is 57. The van der Waals surface area contributed by atoms with Gasteiger partial charge in [0, 0.05) is 37.4 Å². The van der Waals surface area contributed by atoms with E-state index in [1.807, 2.05) is 0 Å². The van der Waals surface area contributed by atoms with E-state index in [0.717, 1.165) is 19.6 Å². The van der Waals surface area contributed by atoms with E-state index in [2.05, 4.69) is 57.5 Å². The van der Waals surface area contributed by atoms with Gasteiger partial charge in [0.25, 0.3) is 0 Å². The molecule has 1 aliphatic carbocycles. The average Bonchev–Trinajstić information content (AvgIpc) is 3.42. The van der Waals surface area contributed by atoms with Crippen LogP contribution >= 0.6 is 0 Å². The van der Waals surface area contributed by atoms with Crippen LogP contribution in [0.5, 0.6) is 0 Å². The monoisotopic (exact) mass is 1050 g/mol. The summed E-state index contributed by atoms with van der Waals surface area (Å²) < 4.78 is 0. The molecule has 1 fully saturated rings. The van der Waals surface area contributed by atoms with E-state index in [0.29, 0.717) is 37.0 Å². The van der Waals surface area contributed by atoms with Crippen LogP contribution in [0.15, 0.2) is 0 Å². The molecule has 0 saturated heterocycles. The molecule has 0 bridgehead atoms. The van der Waals surface area contributed by atoms with Crippen molar-refractivity contribution in [3.63, 3.8) is 0 Å². The second-order valence-corrected chi connectivity index (χ2v) is 25.1. The zero-order valence-electron chi connectivity index (χ0n) is 51.9. The molecule has 0 aromatic carbocycles. The zero-order chi connectivity index (χ0) is 54.5. The Morgan fingerprint density at radius 1 is 0.253 bits per heavy atom. The summed E-state index contributed by atoms with van der Waals surface area (Å²) in [4.78, 5) is 43.4. The number of nitrogens with one attached hydrogen (secondary N) is 3. The molecule has 3 N–H and O–H groups in total. The van der Waals surface area contributed by atoms with Crippen LogP contribution in [0.2, 0.25) is 0 Å². The summed E-state index contributed by atoms with van der Waals surface area (Å²) in [6, 6.07) is 0. The maximum Gasteiger partial charge on any atom is 0.223 e. The third kappa shape index (κ3) is 43.0. The van der Waals surface area contributed by atoms with Crippen molar-refractivity contribution in [2.75, 3.05) is 19.6 Å². The predicted molar refractivity (Wildman–Crippen MR) is 329 cm³/mol. The fourth-order valence-electron chi connectivity index (χ4n) is 12.5. The van der Waals surface area contributed by atoms with Crippen molar-refractivity contribution in [2.45, 2.75) is 369 Å². The Balaban J connectivity index is 3.18. The van der Waals surface area contributed by atoms with E-state index in [9.17, 15) is 14.4 Å². The van der Waals surface area contributed by atoms with Crippen LogP contribution in [0, 0.1) is 35.5 Å². The molecule has 0 heterocycles. The SMILES string of the molecule is CCCCCCCCCCC(CCCCCCCC)CNC(=O)C1CC(C(=O)NCC(CCCCCCCC)CCCCCCCCCC)CC(C(=O)NCC(CCCCCCCC)CCCCCCCCCC)C1. The van der Waals surface area contributed by atoms with Crippen molar-refractivity contribution in [3.8, 4) is 0 Å². The van der Waals surface area contributed by atoms with Gasteiger partial charge in [-0.25, -0.2) is 0 Å². The maximum atomic E-state index is 14.5. The highest BCUT2D eigenvalue weighted by molar-refractivity contribution is 5.86. The number of hydrogen-bond donors (Lipinski definition) is 3. The first-order valence-electron chi connectivity index (χ1n) is 34.7. The Morgan fingerprint density at radius 2 is 0.400 bits per heavy atom. The van der Waals surface area contributed by atoms with E-state index >= 15 is 0 Å². The first-order valence-corrected chi connectivity index (χ1v) is 34.7. The van der Waals surface area contributed by atoms with Crippen molar-refractivity contribution >= 4 is 17.7 Å². The normalized spacial score (nSPS) is 17.0. The highest BCUT2D eigenvalue weighted by atomic mass is 16.2. The van der Waals surface area contributed by atoms with Crippen LogP contribution in [0.4, 0.5) is 0 Å². The summed E-state index contributed by atoms with van der Waals surface area (Å²) in [6.07, 6.45) is 63.9. The lowest BCUT2D eigenvalue weighted by atomic mass is 9.73. The van der Waals surface area contributed by atoms with Crippen molar-refractivity contribution < 1.29 is 14.4 Å². The van der Waals surface area contributed by atoms with Gasteiger partial charge in [0.1, 0.15) is 0 Å². The van der Waals surface area contributed by atoms with Gasteiger partial charge < -0.3 is 16.0 Å². The summed E-state index contributed by atoms with van der Waals surface area (Å²) in [5.74, 6) is 0.812. The first kappa shape index (κ1) is 71.4. The minimum absolute atomic E-state index is 0.0838. The Morgan fingerprint density at radius 3 is 0.560 bits per heavy atom. The maximum absolute atomic E-state index is 14.5. The summed E-state index contributed by atoms with van der Waals surface area (Å²) in [6.45, 7) is 15.9. The first-order chi connectivity index (χ1) is 36.8. The summed E-state index contributed by atoms with van der Waals surface area (Å²) >= 11 is 0. The number of carbonyl (C=O) groups is 3. The quantitative estimate of drug-likeness (QED) is 0.0531. The van der Waals surface area contributed by atoms with Crippen LogP contribution in [-0.4, -0.2) is 37.4 Å². The molecule has 6 nitrogen and oxygen atoms in total. The van der Waals surface area contributed by atoms with Crippen molar-refractivity contribution in [3.05, 3.63) is 0 Å². The smallest absolute Gasteiger partial charge is 0.223 e. The molecule has 0 radical (unpaired) electrons. The molecule has 3 atom stereocenters. The second kappa shape index (κ2) is 54.4. The fraction of sp³-hybridized carbons (Fsp3) is 0.957. The molecule has 0 aromatic rings. The van der Waals surface area contributed by atoms with Crippen LogP contribution in [-0.2, 0) is 14.4 Å². The molecule has 75 heavy (non-hydrogen) atoms. The van der Waals surface area contributed by atoms with E-state index in [1.54, 1.807) is 0 Å². The van der Waals surface area contributed by atoms with Crippen LogP contribution in [0.1, 0.15) is 369 Å². The lowest BCUT2D eigenvalue weighted by Crippen LogP contribution is -2.46. The largest absolute Gasteiger partial charge is 0.356 e. The second-order valence-electron chi connectivity index (χ2n) is 25.1. The molecule has 0 aliphatic heterocycles. The highest BCUT2D eigenvalue weighted by Crippen LogP contribution is 2.35. The van der Waals surface area contributed by atoms with Gasteiger partial charge in [-0.05, 0) is 75.5 Å². The summed E-state index contributed by atoms with van der Waals surface area (Å²) in [7, 11) is 0. The number of unbranched alkanes of at least 4 members (excludes halogenated alkanes) is 36. The average molecular weight is 1050 g/mol. The molecule has 1 saturated carbocycles. The van der Waals surface area contributed by atoms with Gasteiger partial charge in [0.15, 0.2) is 0 Å². The number of carbonyl (C=O) groups excluding carboxylic acids is 3. The lowest BCUT2D eigenvalue weighted by Gasteiger charge is -2.34. The molecular weight excluding hydrogens is 919 g/mol. The Bertz CT molecular complexity index is 1090. The fourth-order valence-corrected chi connectivity index (χ4v) is 12.5. The molecule has 0 aromatic heterocycles. The third-order valence-corrected chi connectivity index (χ3v) is 17.8. The minimum Gasteiger partial charge on any atom is -0.356 e. The molecule has 1 aliphatic rings. The predicted octanol–water partition coefficient (Wildman–Crippen LogP) is 21.1. The van der Waals surface area contributed by atoms with Crippen LogP contribution in [0.3, 0.4) is 0 Å². The van der Waals surface area contributed by atoms with Gasteiger partial charge in [-0.3, -0.25) is 14.4 Å². The molecule has 1 rings (SSSR count). The minimum atomic E-state index is -0.310. The molecule has 3 amide bonds. The molecule has 0 spiro atoms. The molecular formula is C69H135N3O3. The summed E-state index contributed by atoms with van der Waals surface area (Å²) in [5, 5.41) is 10.5. The Hall–Kier alpha value is -1.59. The van der Waals surface area contributed by atoms with Crippen LogP contribution in [0.25, 0.3) is 0 Å². The van der Waals surface area contributed by atoms with Gasteiger partial charge >= 0.3 is 0 Å². The van der Waals surface area contributed by atoms with Gasteiger partial charge in [-0.2, -0.15) is 0 Å². The van der Waals surface area contributed by atoms with Gasteiger partial charge in [-0.15, -0.1) is 0 Å². The topological polar surface area (TPSA) is 87.3 Å². The van der Waals surface area contributed by atoms with E-state index in [4.69, 9.17) is 0 Å². The van der Waals surface area contributed by atoms with Crippen molar-refractivity contribution in [1.29, 1.82) is 0 Å². The summed E-state index contributed by atoms with van der Waals surface area (Å²) in [5.41, 5.74) is 0. The van der Waals surface area contributed by atoms with Gasteiger partial charge in [-0.1, -0.05) is 311 Å². The Labute approximate surface area is 470 Å². The zero-order valence-corrected chi connectivity index (χ0v) is 51.9. The van der Waals surface area contributed by atoms with E-state index < -0.39 is 0 Å². The van der Waals surface area contributed by atoms with E-state index in [-0.39, 0.29) is 35.5 Å². The number of amides is 3. The van der Waals surface area contributed by atoms with E-state index in [1.165, 1.54) is 308 Å². The number of hydrogen-bond acceptors (Lipinski definition) is 3. The molecule has 444 valence electrons. The molecule has 6 heteroatoms. The van der Waals surface area contributed by atoms with Gasteiger partial charge in [0.2, 0.25) is 17.7 Å². The van der Waals surface area contributed by atoms with Crippen molar-refractivity contribution in [1.82, 2.24) is 16.0 Å². The highest BCUT2D eigenvalue weighted by Gasteiger charge is 2.39.